The SMILES string of the molecule is c1ccc(-c2nc(-c3ccccc3)nc(-c3cccc(-c4nc(-c5ccccc5)nc(-c5ccccc5)n4)c3-n3c4ccc(-c5ccccn5)cc4c4cc(-c5ccccn5)ccc43)n2)cc1. The van der Waals surface area contributed by atoms with Crippen LogP contribution in [-0.2, 0) is 0 Å². The maximum absolute atomic E-state index is 5.30. The van der Waals surface area contributed by atoms with Gasteiger partial charge in [-0.2, -0.15) is 0 Å². The van der Waals surface area contributed by atoms with Crippen LogP contribution >= 0.6 is 0 Å². The summed E-state index contributed by atoms with van der Waals surface area (Å²) in [5.41, 5.74) is 11.5. The second-order valence-electron chi connectivity index (χ2n) is 16.0. The molecule has 0 saturated carbocycles. The largest absolute Gasteiger partial charge is 0.308 e. The molecule has 0 spiro atoms. The molecular formula is C58H37N9. The minimum absolute atomic E-state index is 0.496. The maximum atomic E-state index is 5.30. The Labute approximate surface area is 385 Å². The summed E-state index contributed by atoms with van der Waals surface area (Å²) in [5.74, 6) is 3.22. The van der Waals surface area contributed by atoms with Crippen molar-refractivity contribution in [1.29, 1.82) is 0 Å². The van der Waals surface area contributed by atoms with Crippen LogP contribution in [0.15, 0.2) is 225 Å². The summed E-state index contributed by atoms with van der Waals surface area (Å²) >= 11 is 0. The van der Waals surface area contributed by atoms with Crippen molar-refractivity contribution in [2.75, 3.05) is 0 Å². The first kappa shape index (κ1) is 39.3. The minimum atomic E-state index is 0.496. The van der Waals surface area contributed by atoms with Gasteiger partial charge in [0, 0.05) is 67.7 Å². The van der Waals surface area contributed by atoms with Crippen molar-refractivity contribution >= 4 is 21.8 Å². The minimum Gasteiger partial charge on any atom is -0.308 e. The molecule has 0 amide bonds. The Morgan fingerprint density at radius 1 is 0.269 bits per heavy atom. The van der Waals surface area contributed by atoms with E-state index in [1.165, 1.54) is 0 Å². The molecule has 0 aliphatic carbocycles. The lowest BCUT2D eigenvalue weighted by Gasteiger charge is -2.19. The number of nitrogens with zero attached hydrogens (tertiary/aromatic N) is 9. The van der Waals surface area contributed by atoms with Crippen molar-refractivity contribution in [2.45, 2.75) is 0 Å². The number of aromatic nitrogens is 9. The topological polar surface area (TPSA) is 108 Å². The third-order valence-electron chi connectivity index (χ3n) is 11.8. The van der Waals surface area contributed by atoms with E-state index < -0.39 is 0 Å². The predicted octanol–water partition coefficient (Wildman–Crippen LogP) is 13.3. The van der Waals surface area contributed by atoms with Gasteiger partial charge in [0.05, 0.1) is 28.1 Å². The number of pyridine rings is 2. The van der Waals surface area contributed by atoms with Gasteiger partial charge in [0.2, 0.25) is 0 Å². The van der Waals surface area contributed by atoms with Crippen LogP contribution in [-0.4, -0.2) is 44.4 Å². The lowest BCUT2D eigenvalue weighted by atomic mass is 10.0. The zero-order valence-electron chi connectivity index (χ0n) is 35.9. The number of hydrogen-bond donors (Lipinski definition) is 0. The Balaban J connectivity index is 1.20. The predicted molar refractivity (Wildman–Crippen MR) is 267 cm³/mol. The van der Waals surface area contributed by atoms with Crippen LogP contribution in [0.25, 0.3) is 118 Å². The van der Waals surface area contributed by atoms with Crippen LogP contribution < -0.4 is 0 Å². The third kappa shape index (κ3) is 7.46. The van der Waals surface area contributed by atoms with E-state index in [4.69, 9.17) is 39.9 Å². The standard InChI is InChI=1S/C58H37N9/c1-5-18-38(19-6-1)53-61-54(39-20-7-2-8-21-39)64-57(63-53)44-26-17-27-45(58-65-55(40-22-9-3-10-23-40)62-56(66-58)41-24-11-4-12-25-41)52(44)67-50-32-30-42(48-28-13-15-34-59-48)36-46(50)47-37-43(31-33-51(47)67)49-29-14-16-35-60-49/h1-37H. The molecular weight excluding hydrogens is 823 g/mol. The van der Waals surface area contributed by atoms with Crippen LogP contribution in [0.1, 0.15) is 0 Å². The van der Waals surface area contributed by atoms with Crippen molar-refractivity contribution in [2.24, 2.45) is 0 Å². The molecule has 7 aromatic carbocycles. The second kappa shape index (κ2) is 17.0. The lowest BCUT2D eigenvalue weighted by Crippen LogP contribution is -2.07. The lowest BCUT2D eigenvalue weighted by molar-refractivity contribution is 1.05. The molecule has 0 aliphatic heterocycles. The molecule has 314 valence electrons. The summed E-state index contributed by atoms with van der Waals surface area (Å²) in [6, 6.07) is 71.4. The van der Waals surface area contributed by atoms with E-state index in [1.54, 1.807) is 0 Å². The van der Waals surface area contributed by atoms with Crippen molar-refractivity contribution in [3.63, 3.8) is 0 Å². The number of fused-ring (bicyclic) bond motifs is 3. The summed E-state index contributed by atoms with van der Waals surface area (Å²) in [6.45, 7) is 0. The fourth-order valence-electron chi connectivity index (χ4n) is 8.65. The summed E-state index contributed by atoms with van der Waals surface area (Å²) in [6.07, 6.45) is 3.66. The molecule has 0 radical (unpaired) electrons. The van der Waals surface area contributed by atoms with E-state index in [0.29, 0.717) is 34.9 Å². The van der Waals surface area contributed by atoms with Gasteiger partial charge in [0.15, 0.2) is 34.9 Å². The van der Waals surface area contributed by atoms with Gasteiger partial charge in [-0.3, -0.25) is 9.97 Å². The quantitative estimate of drug-likeness (QED) is 0.141. The molecule has 12 rings (SSSR count). The molecule has 0 aliphatic rings. The van der Waals surface area contributed by atoms with Gasteiger partial charge >= 0.3 is 0 Å². The molecule has 9 nitrogen and oxygen atoms in total. The van der Waals surface area contributed by atoms with Gasteiger partial charge in [-0.05, 0) is 60.7 Å². The molecule has 5 aromatic heterocycles. The smallest absolute Gasteiger partial charge is 0.166 e. The first-order valence-electron chi connectivity index (χ1n) is 22.0. The molecule has 0 atom stereocenters. The monoisotopic (exact) mass is 859 g/mol. The maximum Gasteiger partial charge on any atom is 0.166 e. The molecule has 0 bridgehead atoms. The normalized spacial score (nSPS) is 11.3. The molecule has 9 heteroatoms. The Hall–Kier alpha value is -9.34. The summed E-state index contributed by atoms with van der Waals surface area (Å²) in [5, 5.41) is 2.07. The highest BCUT2D eigenvalue weighted by atomic mass is 15.1. The zero-order chi connectivity index (χ0) is 44.5. The van der Waals surface area contributed by atoms with Gasteiger partial charge in [-0.15, -0.1) is 0 Å². The van der Waals surface area contributed by atoms with E-state index in [0.717, 1.165) is 83.4 Å². The second-order valence-corrected chi connectivity index (χ2v) is 16.0. The number of para-hydroxylation sites is 1. The molecule has 5 heterocycles. The van der Waals surface area contributed by atoms with Gasteiger partial charge in [0.25, 0.3) is 0 Å². The van der Waals surface area contributed by atoms with Gasteiger partial charge in [-0.25, -0.2) is 29.9 Å². The van der Waals surface area contributed by atoms with E-state index in [2.05, 4.69) is 53.1 Å². The summed E-state index contributed by atoms with van der Waals surface area (Å²) < 4.78 is 2.31. The van der Waals surface area contributed by atoms with Crippen LogP contribution in [0.2, 0.25) is 0 Å². The third-order valence-corrected chi connectivity index (χ3v) is 11.8. The van der Waals surface area contributed by atoms with E-state index in [1.807, 2.05) is 176 Å². The fraction of sp³-hybridized carbons (Fsp3) is 0. The first-order chi connectivity index (χ1) is 33.2. The Bertz CT molecular complexity index is 3360. The Kier molecular flexibility index (Phi) is 9.95. The molecule has 12 aromatic rings. The van der Waals surface area contributed by atoms with E-state index in [9.17, 15) is 0 Å². The molecule has 0 unspecified atom stereocenters. The Morgan fingerprint density at radius 3 is 0.955 bits per heavy atom. The van der Waals surface area contributed by atoms with Crippen molar-refractivity contribution in [3.05, 3.63) is 225 Å². The average molecular weight is 860 g/mol. The number of rotatable bonds is 9. The molecule has 67 heavy (non-hydrogen) atoms. The van der Waals surface area contributed by atoms with Crippen molar-refractivity contribution < 1.29 is 0 Å². The van der Waals surface area contributed by atoms with Crippen LogP contribution in [0, 0.1) is 0 Å². The van der Waals surface area contributed by atoms with Crippen LogP contribution in [0.5, 0.6) is 0 Å². The van der Waals surface area contributed by atoms with Gasteiger partial charge in [-0.1, -0.05) is 152 Å². The summed E-state index contributed by atoms with van der Waals surface area (Å²) in [7, 11) is 0. The highest BCUT2D eigenvalue weighted by Gasteiger charge is 2.25. The first-order valence-corrected chi connectivity index (χ1v) is 22.0. The fourth-order valence-corrected chi connectivity index (χ4v) is 8.65. The highest BCUT2D eigenvalue weighted by Crippen LogP contribution is 2.43. The zero-order valence-corrected chi connectivity index (χ0v) is 35.9. The van der Waals surface area contributed by atoms with Crippen LogP contribution in [0.3, 0.4) is 0 Å². The number of benzene rings is 7. The Morgan fingerprint density at radius 2 is 0.612 bits per heavy atom. The number of hydrogen-bond acceptors (Lipinski definition) is 8. The highest BCUT2D eigenvalue weighted by molar-refractivity contribution is 6.12. The molecule has 0 saturated heterocycles. The average Bonchev–Trinajstić information content (AvgIpc) is 3.74. The van der Waals surface area contributed by atoms with E-state index in [-0.39, 0.29) is 0 Å². The van der Waals surface area contributed by atoms with Gasteiger partial charge in [0.1, 0.15) is 0 Å². The van der Waals surface area contributed by atoms with Crippen molar-refractivity contribution in [3.8, 4) is 96.5 Å². The molecule has 0 N–H and O–H groups in total. The van der Waals surface area contributed by atoms with E-state index >= 15 is 0 Å². The van der Waals surface area contributed by atoms with Crippen molar-refractivity contribution in [1.82, 2.24) is 44.4 Å². The van der Waals surface area contributed by atoms with Crippen LogP contribution in [0.4, 0.5) is 0 Å². The summed E-state index contributed by atoms with van der Waals surface area (Å²) in [4.78, 5) is 40.8. The molecule has 0 fully saturated rings. The van der Waals surface area contributed by atoms with Gasteiger partial charge < -0.3 is 4.57 Å².